The number of carbonyl (C=O) groups excluding carboxylic acids is 3. The molecule has 1 heterocycles. The highest BCUT2D eigenvalue weighted by atomic mass is 35.5. The number of urea groups is 1. The summed E-state index contributed by atoms with van der Waals surface area (Å²) in [5, 5.41) is 6.07. The van der Waals surface area contributed by atoms with Crippen molar-refractivity contribution in [2.75, 3.05) is 11.9 Å². The molecular weight excluding hydrogens is 378 g/mol. The van der Waals surface area contributed by atoms with Crippen LogP contribution in [0, 0.1) is 6.92 Å². The van der Waals surface area contributed by atoms with Crippen LogP contribution in [0.25, 0.3) is 0 Å². The molecule has 1 saturated heterocycles. The van der Waals surface area contributed by atoms with E-state index < -0.39 is 17.5 Å². The first kappa shape index (κ1) is 18.5. The van der Waals surface area contributed by atoms with Crippen LogP contribution in [-0.2, 0) is 21.5 Å². The number of carbonyl (C=O) groups is 3. The third kappa shape index (κ3) is 3.03. The van der Waals surface area contributed by atoms with Gasteiger partial charge in [-0.25, -0.2) is 4.79 Å². The molecule has 0 aromatic heterocycles. The van der Waals surface area contributed by atoms with Gasteiger partial charge in [0.05, 0.1) is 0 Å². The van der Waals surface area contributed by atoms with Gasteiger partial charge in [-0.3, -0.25) is 14.5 Å². The fourth-order valence-corrected chi connectivity index (χ4v) is 4.15. The molecule has 6 nitrogen and oxygen atoms in total. The molecule has 2 aromatic rings. The molecule has 1 aliphatic carbocycles. The molecule has 2 N–H and O–H groups in total. The largest absolute Gasteiger partial charge is 0.325 e. The summed E-state index contributed by atoms with van der Waals surface area (Å²) in [5.41, 5.74) is 2.23. The molecule has 28 heavy (non-hydrogen) atoms. The van der Waals surface area contributed by atoms with E-state index in [9.17, 15) is 14.4 Å². The average molecular weight is 398 g/mol. The third-order valence-electron chi connectivity index (χ3n) is 5.41. The summed E-state index contributed by atoms with van der Waals surface area (Å²) in [6, 6.07) is 12.3. The number of anilines is 1. The zero-order chi connectivity index (χ0) is 19.9. The normalized spacial score (nSPS) is 20.9. The highest BCUT2D eigenvalue weighted by Crippen LogP contribution is 2.39. The molecule has 1 spiro atoms. The van der Waals surface area contributed by atoms with Crippen molar-refractivity contribution in [3.63, 3.8) is 0 Å². The van der Waals surface area contributed by atoms with Crippen LogP contribution in [0.4, 0.5) is 10.5 Å². The van der Waals surface area contributed by atoms with Crippen molar-refractivity contribution < 1.29 is 14.4 Å². The van der Waals surface area contributed by atoms with Crippen LogP contribution >= 0.6 is 11.6 Å². The van der Waals surface area contributed by atoms with E-state index >= 15 is 0 Å². The van der Waals surface area contributed by atoms with Gasteiger partial charge in [-0.1, -0.05) is 41.9 Å². The van der Waals surface area contributed by atoms with E-state index in [0.29, 0.717) is 17.1 Å². The lowest BCUT2D eigenvalue weighted by atomic mass is 9.76. The van der Waals surface area contributed by atoms with Crippen molar-refractivity contribution in [1.82, 2.24) is 10.2 Å². The summed E-state index contributed by atoms with van der Waals surface area (Å²) in [7, 11) is 0. The first-order valence-corrected chi connectivity index (χ1v) is 9.57. The highest BCUT2D eigenvalue weighted by Gasteiger charge is 2.54. The van der Waals surface area contributed by atoms with Gasteiger partial charge in [-0.05, 0) is 55.0 Å². The summed E-state index contributed by atoms with van der Waals surface area (Å²) in [5.74, 6) is -0.827. The minimum Gasteiger partial charge on any atom is -0.324 e. The van der Waals surface area contributed by atoms with Crippen LogP contribution in [0.5, 0.6) is 0 Å². The quantitative estimate of drug-likeness (QED) is 0.779. The van der Waals surface area contributed by atoms with Crippen molar-refractivity contribution in [3.05, 3.63) is 64.2 Å². The van der Waals surface area contributed by atoms with Crippen molar-refractivity contribution >= 4 is 35.1 Å². The van der Waals surface area contributed by atoms with E-state index in [2.05, 4.69) is 10.6 Å². The summed E-state index contributed by atoms with van der Waals surface area (Å²) in [6.45, 7) is 1.52. The minimum absolute atomic E-state index is 0.347. The predicted octanol–water partition coefficient (Wildman–Crippen LogP) is 3.37. The van der Waals surface area contributed by atoms with E-state index in [1.807, 2.05) is 31.2 Å². The van der Waals surface area contributed by atoms with Crippen molar-refractivity contribution in [2.45, 2.75) is 31.7 Å². The van der Waals surface area contributed by atoms with Gasteiger partial charge in [-0.2, -0.15) is 0 Å². The van der Waals surface area contributed by atoms with Gasteiger partial charge in [0.15, 0.2) is 0 Å². The number of halogens is 1. The maximum Gasteiger partial charge on any atom is 0.325 e. The fourth-order valence-electron chi connectivity index (χ4n) is 3.97. The average Bonchev–Trinajstić information content (AvgIpc) is 2.90. The maximum absolute atomic E-state index is 13.2. The zero-order valence-corrected chi connectivity index (χ0v) is 16.2. The minimum atomic E-state index is -1.07. The Labute approximate surface area is 167 Å². The number of imide groups is 1. The Balaban J connectivity index is 1.54. The topological polar surface area (TPSA) is 78.5 Å². The molecule has 0 radical (unpaired) electrons. The summed E-state index contributed by atoms with van der Waals surface area (Å²) in [4.78, 5) is 39.2. The molecular formula is C21H20ClN3O3. The van der Waals surface area contributed by atoms with E-state index in [-0.39, 0.29) is 12.5 Å². The Morgan fingerprint density at radius 1 is 1.25 bits per heavy atom. The third-order valence-corrected chi connectivity index (χ3v) is 5.82. The number of fused-ring (bicyclic) bond motifs is 2. The Bertz CT molecular complexity index is 991. The monoisotopic (exact) mass is 397 g/mol. The number of hydrogen-bond acceptors (Lipinski definition) is 3. The Morgan fingerprint density at radius 2 is 2.04 bits per heavy atom. The van der Waals surface area contributed by atoms with Gasteiger partial charge in [0, 0.05) is 10.7 Å². The van der Waals surface area contributed by atoms with E-state index in [1.54, 1.807) is 18.2 Å². The molecule has 1 fully saturated rings. The van der Waals surface area contributed by atoms with Crippen LogP contribution in [0.15, 0.2) is 42.5 Å². The Morgan fingerprint density at radius 3 is 2.82 bits per heavy atom. The summed E-state index contributed by atoms with van der Waals surface area (Å²) < 4.78 is 0. The molecule has 2 aliphatic rings. The van der Waals surface area contributed by atoms with Gasteiger partial charge in [0.1, 0.15) is 12.1 Å². The lowest BCUT2D eigenvalue weighted by Crippen LogP contribution is -2.47. The van der Waals surface area contributed by atoms with E-state index in [1.165, 1.54) is 0 Å². The van der Waals surface area contributed by atoms with Crippen molar-refractivity contribution in [2.24, 2.45) is 0 Å². The van der Waals surface area contributed by atoms with Gasteiger partial charge in [-0.15, -0.1) is 0 Å². The number of nitrogens with zero attached hydrogens (tertiary/aromatic N) is 1. The standard InChI is InChI=1S/C21H20ClN3O3/c1-13-8-9-15(11-17(13)22)23-18(26)12-25-19(27)21(24-20(25)28)10-4-6-14-5-2-3-7-16(14)21/h2-3,5,7-9,11H,4,6,10,12H2,1H3,(H,23,26)(H,24,28)/t21-/m0/s1. The lowest BCUT2D eigenvalue weighted by Gasteiger charge is -2.33. The van der Waals surface area contributed by atoms with Crippen molar-refractivity contribution in [1.29, 1.82) is 0 Å². The van der Waals surface area contributed by atoms with Crippen LogP contribution in [0.1, 0.15) is 29.5 Å². The molecule has 1 aliphatic heterocycles. The first-order chi connectivity index (χ1) is 13.4. The number of rotatable bonds is 3. The molecule has 0 bridgehead atoms. The molecule has 4 amide bonds. The SMILES string of the molecule is Cc1ccc(NC(=O)CN2C(=O)N[C@]3(CCCc4ccccc43)C2=O)cc1Cl. The fraction of sp³-hybridized carbons (Fsp3) is 0.286. The maximum atomic E-state index is 13.2. The summed E-state index contributed by atoms with van der Waals surface area (Å²) >= 11 is 6.08. The van der Waals surface area contributed by atoms with Gasteiger partial charge < -0.3 is 10.6 Å². The van der Waals surface area contributed by atoms with Gasteiger partial charge in [0.25, 0.3) is 5.91 Å². The first-order valence-electron chi connectivity index (χ1n) is 9.19. The molecule has 144 valence electrons. The molecule has 2 aromatic carbocycles. The second kappa shape index (κ2) is 6.95. The van der Waals surface area contributed by atoms with Crippen molar-refractivity contribution in [3.8, 4) is 0 Å². The lowest BCUT2D eigenvalue weighted by molar-refractivity contribution is -0.134. The second-order valence-corrected chi connectivity index (χ2v) is 7.66. The molecule has 4 rings (SSSR count). The Kier molecular flexibility index (Phi) is 4.59. The van der Waals surface area contributed by atoms with Crippen LogP contribution in [-0.4, -0.2) is 29.3 Å². The van der Waals surface area contributed by atoms with Gasteiger partial charge in [0.2, 0.25) is 5.91 Å². The molecule has 1 atom stereocenters. The van der Waals surface area contributed by atoms with E-state index in [4.69, 9.17) is 11.6 Å². The Hall–Kier alpha value is -2.86. The van der Waals surface area contributed by atoms with E-state index in [0.717, 1.165) is 34.4 Å². The number of hydrogen-bond donors (Lipinski definition) is 2. The van der Waals surface area contributed by atoms with Gasteiger partial charge >= 0.3 is 6.03 Å². The number of amides is 4. The van der Waals surface area contributed by atoms with Crippen LogP contribution in [0.2, 0.25) is 5.02 Å². The number of nitrogens with one attached hydrogen (secondary N) is 2. The second-order valence-electron chi connectivity index (χ2n) is 7.25. The smallest absolute Gasteiger partial charge is 0.324 e. The molecule has 7 heteroatoms. The number of benzene rings is 2. The van der Waals surface area contributed by atoms with Crippen LogP contribution in [0.3, 0.4) is 0 Å². The molecule has 0 unspecified atom stereocenters. The predicted molar refractivity (Wildman–Crippen MR) is 106 cm³/mol. The molecule has 0 saturated carbocycles. The highest BCUT2D eigenvalue weighted by molar-refractivity contribution is 6.31. The summed E-state index contributed by atoms with van der Waals surface area (Å²) in [6.07, 6.45) is 2.20. The zero-order valence-electron chi connectivity index (χ0n) is 15.4. The van der Waals surface area contributed by atoms with Crippen LogP contribution < -0.4 is 10.6 Å². The number of aryl methyl sites for hydroxylation is 2.